The number of aromatic hydroxyl groups is 1. The standard InChI is InChI=1S/C23H16N2O2S/c26-22-16-10-4-6-12-18(16)24-21(22)20-17-11-5-7-13-19(17)25(23(20)27)14-28-15-8-2-1-3-9-15/h1-13,27H,14H2. The quantitative estimate of drug-likeness (QED) is 0.478. The minimum absolute atomic E-state index is 0.0736. The van der Waals surface area contributed by atoms with E-state index >= 15 is 0 Å². The Morgan fingerprint density at radius 3 is 2.43 bits per heavy atom. The number of rotatable bonds is 4. The first-order valence-electron chi connectivity index (χ1n) is 8.95. The minimum Gasteiger partial charge on any atom is -0.494 e. The molecule has 3 aromatic carbocycles. The van der Waals surface area contributed by atoms with Gasteiger partial charge in [0.05, 0.1) is 22.6 Å². The minimum atomic E-state index is -0.149. The maximum absolute atomic E-state index is 12.9. The Balaban J connectivity index is 1.61. The maximum Gasteiger partial charge on any atom is 0.214 e. The lowest BCUT2D eigenvalue weighted by Gasteiger charge is -2.07. The Bertz CT molecular complexity index is 1240. The van der Waals surface area contributed by atoms with E-state index in [0.717, 1.165) is 15.8 Å². The maximum atomic E-state index is 12.9. The van der Waals surface area contributed by atoms with Crippen LogP contribution < -0.4 is 0 Å². The van der Waals surface area contributed by atoms with E-state index in [9.17, 15) is 9.90 Å². The number of fused-ring (bicyclic) bond motifs is 2. The number of Topliss-reactive ketones (excluding diaryl/α,β-unsaturated/α-hetero) is 1. The van der Waals surface area contributed by atoms with Crippen molar-refractivity contribution in [2.75, 3.05) is 0 Å². The predicted molar refractivity (Wildman–Crippen MR) is 113 cm³/mol. The third-order valence-electron chi connectivity index (χ3n) is 4.88. The van der Waals surface area contributed by atoms with Crippen molar-refractivity contribution in [3.05, 3.63) is 90.0 Å². The molecule has 0 spiro atoms. The van der Waals surface area contributed by atoms with Gasteiger partial charge in [0.25, 0.3) is 0 Å². The normalized spacial score (nSPS) is 13.0. The van der Waals surface area contributed by atoms with Crippen molar-refractivity contribution in [2.45, 2.75) is 10.8 Å². The van der Waals surface area contributed by atoms with Crippen LogP contribution in [0.2, 0.25) is 0 Å². The van der Waals surface area contributed by atoms with E-state index in [1.54, 1.807) is 17.8 Å². The number of hydrogen-bond acceptors (Lipinski definition) is 4. The van der Waals surface area contributed by atoms with Crippen molar-refractivity contribution in [1.82, 2.24) is 4.57 Å². The summed E-state index contributed by atoms with van der Waals surface area (Å²) in [5.41, 5.74) is 2.92. The molecule has 0 radical (unpaired) electrons. The van der Waals surface area contributed by atoms with Gasteiger partial charge in [-0.05, 0) is 30.3 Å². The zero-order chi connectivity index (χ0) is 19.1. The fourth-order valence-corrected chi connectivity index (χ4v) is 4.43. The van der Waals surface area contributed by atoms with Crippen LogP contribution in [0.25, 0.3) is 10.9 Å². The first-order chi connectivity index (χ1) is 13.7. The van der Waals surface area contributed by atoms with Crippen molar-refractivity contribution in [2.24, 2.45) is 4.99 Å². The molecule has 1 aliphatic heterocycles. The third-order valence-corrected chi connectivity index (χ3v) is 5.87. The molecule has 0 bridgehead atoms. The Kier molecular flexibility index (Phi) is 4.02. The van der Waals surface area contributed by atoms with E-state index in [0.29, 0.717) is 28.4 Å². The molecule has 1 aliphatic rings. The predicted octanol–water partition coefficient (Wildman–Crippen LogP) is 5.41. The molecule has 4 nitrogen and oxygen atoms in total. The SMILES string of the molecule is O=C1C(c2c(O)n(CSc3ccccc3)c3ccccc23)=Nc2ccccc21. The fourth-order valence-electron chi connectivity index (χ4n) is 3.54. The van der Waals surface area contributed by atoms with Gasteiger partial charge in [-0.25, -0.2) is 4.99 Å². The second-order valence-electron chi connectivity index (χ2n) is 6.54. The van der Waals surface area contributed by atoms with Crippen LogP contribution in [-0.4, -0.2) is 21.2 Å². The molecule has 5 heteroatoms. The zero-order valence-electron chi connectivity index (χ0n) is 14.9. The highest BCUT2D eigenvalue weighted by atomic mass is 32.2. The fraction of sp³-hybridized carbons (Fsp3) is 0.0435. The Morgan fingerprint density at radius 2 is 1.61 bits per heavy atom. The van der Waals surface area contributed by atoms with Crippen LogP contribution >= 0.6 is 11.8 Å². The number of carbonyl (C=O) groups excluding carboxylic acids is 1. The van der Waals surface area contributed by atoms with Crippen molar-refractivity contribution in [3.8, 4) is 5.88 Å². The van der Waals surface area contributed by atoms with Crippen LogP contribution in [0.15, 0.2) is 88.8 Å². The molecule has 28 heavy (non-hydrogen) atoms. The molecule has 2 heterocycles. The van der Waals surface area contributed by atoms with E-state index in [1.165, 1.54) is 0 Å². The van der Waals surface area contributed by atoms with Gasteiger partial charge < -0.3 is 9.67 Å². The Hall–Kier alpha value is -3.31. The molecule has 0 fully saturated rings. The Morgan fingerprint density at radius 1 is 0.893 bits per heavy atom. The number of ketones is 1. The number of nitrogens with zero attached hydrogens (tertiary/aromatic N) is 2. The summed E-state index contributed by atoms with van der Waals surface area (Å²) < 4.78 is 1.83. The molecule has 4 aromatic rings. The van der Waals surface area contributed by atoms with E-state index < -0.39 is 0 Å². The first-order valence-corrected chi connectivity index (χ1v) is 9.93. The highest BCUT2D eigenvalue weighted by Gasteiger charge is 2.31. The van der Waals surface area contributed by atoms with Gasteiger partial charge in [0, 0.05) is 15.8 Å². The van der Waals surface area contributed by atoms with Crippen LogP contribution in [0.1, 0.15) is 15.9 Å². The summed E-state index contributed by atoms with van der Waals surface area (Å²) in [6.07, 6.45) is 0. The zero-order valence-corrected chi connectivity index (χ0v) is 15.7. The van der Waals surface area contributed by atoms with Gasteiger partial charge in [0.1, 0.15) is 5.71 Å². The highest BCUT2D eigenvalue weighted by molar-refractivity contribution is 7.98. The monoisotopic (exact) mass is 384 g/mol. The van der Waals surface area contributed by atoms with Gasteiger partial charge in [-0.1, -0.05) is 48.5 Å². The molecule has 0 saturated carbocycles. The van der Waals surface area contributed by atoms with Crippen LogP contribution in [0.5, 0.6) is 5.88 Å². The number of benzene rings is 3. The first kappa shape index (κ1) is 16.8. The smallest absolute Gasteiger partial charge is 0.214 e. The average molecular weight is 384 g/mol. The van der Waals surface area contributed by atoms with Crippen molar-refractivity contribution < 1.29 is 9.90 Å². The van der Waals surface area contributed by atoms with Crippen LogP contribution in [0.3, 0.4) is 0 Å². The van der Waals surface area contributed by atoms with Crippen LogP contribution in [0.4, 0.5) is 5.69 Å². The summed E-state index contributed by atoms with van der Waals surface area (Å²) in [6, 6.07) is 25.0. The van der Waals surface area contributed by atoms with Crippen molar-refractivity contribution in [1.29, 1.82) is 0 Å². The molecule has 0 unspecified atom stereocenters. The lowest BCUT2D eigenvalue weighted by Crippen LogP contribution is -2.11. The lowest BCUT2D eigenvalue weighted by molar-refractivity contribution is 0.107. The largest absolute Gasteiger partial charge is 0.494 e. The number of aromatic nitrogens is 1. The third kappa shape index (κ3) is 2.63. The lowest BCUT2D eigenvalue weighted by atomic mass is 10.0. The summed E-state index contributed by atoms with van der Waals surface area (Å²) in [6.45, 7) is 0. The average Bonchev–Trinajstić information content (AvgIpc) is 3.21. The van der Waals surface area contributed by atoms with Crippen molar-refractivity contribution in [3.63, 3.8) is 0 Å². The molecule has 0 aliphatic carbocycles. The van der Waals surface area contributed by atoms with E-state index in [-0.39, 0.29) is 11.7 Å². The summed E-state index contributed by atoms with van der Waals surface area (Å²) in [4.78, 5) is 18.6. The molecule has 0 amide bonds. The van der Waals surface area contributed by atoms with Crippen LogP contribution in [-0.2, 0) is 5.88 Å². The van der Waals surface area contributed by atoms with Gasteiger partial charge in [-0.2, -0.15) is 0 Å². The van der Waals surface area contributed by atoms with Gasteiger partial charge >= 0.3 is 0 Å². The molecule has 1 N–H and O–H groups in total. The molecule has 136 valence electrons. The second kappa shape index (κ2) is 6.69. The van der Waals surface area contributed by atoms with E-state index in [1.807, 2.05) is 77.4 Å². The highest BCUT2D eigenvalue weighted by Crippen LogP contribution is 2.38. The van der Waals surface area contributed by atoms with Gasteiger partial charge in [-0.3, -0.25) is 4.79 Å². The van der Waals surface area contributed by atoms with Gasteiger partial charge in [-0.15, -0.1) is 11.8 Å². The molecule has 1 aromatic heterocycles. The number of carbonyl (C=O) groups is 1. The van der Waals surface area contributed by atoms with Crippen LogP contribution in [0, 0.1) is 0 Å². The summed E-state index contributed by atoms with van der Waals surface area (Å²) in [7, 11) is 0. The number of aliphatic imine (C=N–C) groups is 1. The summed E-state index contributed by atoms with van der Waals surface area (Å²) >= 11 is 1.62. The van der Waals surface area contributed by atoms with Gasteiger partial charge in [0.15, 0.2) is 0 Å². The number of thioether (sulfide) groups is 1. The van der Waals surface area contributed by atoms with Gasteiger partial charge in [0.2, 0.25) is 11.7 Å². The number of hydrogen-bond donors (Lipinski definition) is 1. The van der Waals surface area contributed by atoms with E-state index in [4.69, 9.17) is 0 Å². The van der Waals surface area contributed by atoms with E-state index in [2.05, 4.69) is 4.99 Å². The Labute approximate surface area is 166 Å². The molecular formula is C23H16N2O2S. The molecule has 5 rings (SSSR count). The molecule has 0 saturated heterocycles. The van der Waals surface area contributed by atoms with Crippen molar-refractivity contribution >= 4 is 39.8 Å². The topological polar surface area (TPSA) is 54.6 Å². The summed E-state index contributed by atoms with van der Waals surface area (Å²) in [5.74, 6) is 0.458. The summed E-state index contributed by atoms with van der Waals surface area (Å²) in [5, 5.41) is 11.9. The molecular weight excluding hydrogens is 368 g/mol. The second-order valence-corrected chi connectivity index (χ2v) is 7.56. The number of para-hydroxylation sites is 2. The molecule has 0 atom stereocenters.